The molecule has 8 heteroatoms. The number of pyridine rings is 1. The number of nitrogens with one attached hydrogen (secondary N) is 4. The molecule has 25 heavy (non-hydrogen) atoms. The second kappa shape index (κ2) is 6.14. The zero-order chi connectivity index (χ0) is 17.4. The second-order valence-corrected chi connectivity index (χ2v) is 5.99. The molecule has 0 spiro atoms. The Hall–Kier alpha value is -3.00. The molecule has 0 atom stereocenters. The van der Waals surface area contributed by atoms with Gasteiger partial charge >= 0.3 is 0 Å². The van der Waals surface area contributed by atoms with Gasteiger partial charge in [0.25, 0.3) is 11.5 Å². The van der Waals surface area contributed by atoms with Crippen molar-refractivity contribution in [3.8, 4) is 0 Å². The van der Waals surface area contributed by atoms with Gasteiger partial charge in [-0.1, -0.05) is 0 Å². The highest BCUT2D eigenvalue weighted by Gasteiger charge is 2.21. The van der Waals surface area contributed by atoms with Gasteiger partial charge in [0, 0.05) is 24.2 Å². The van der Waals surface area contributed by atoms with E-state index in [9.17, 15) is 14.0 Å². The summed E-state index contributed by atoms with van der Waals surface area (Å²) in [4.78, 5) is 27.1. The number of amides is 1. The summed E-state index contributed by atoms with van der Waals surface area (Å²) in [6.45, 7) is 1.53. The maximum atomic E-state index is 13.2. The van der Waals surface area contributed by atoms with Crippen LogP contribution in [-0.2, 0) is 19.5 Å². The number of fused-ring (bicyclic) bond motifs is 2. The lowest BCUT2D eigenvalue weighted by Gasteiger charge is -2.12. The average Bonchev–Trinajstić information content (AvgIpc) is 3.04. The van der Waals surface area contributed by atoms with Crippen molar-refractivity contribution in [2.24, 2.45) is 0 Å². The second-order valence-electron chi connectivity index (χ2n) is 5.99. The highest BCUT2D eigenvalue weighted by molar-refractivity contribution is 5.94. The van der Waals surface area contributed by atoms with Crippen molar-refractivity contribution in [3.63, 3.8) is 0 Å². The van der Waals surface area contributed by atoms with Crippen LogP contribution in [0.25, 0.3) is 10.9 Å². The van der Waals surface area contributed by atoms with Gasteiger partial charge in [0.05, 0.1) is 11.2 Å². The Morgan fingerprint density at radius 3 is 3.08 bits per heavy atom. The van der Waals surface area contributed by atoms with Crippen LogP contribution in [0, 0.1) is 5.82 Å². The molecule has 0 aliphatic carbocycles. The number of benzene rings is 1. The number of carbonyl (C=O) groups is 1. The molecule has 1 aliphatic heterocycles. The number of H-pyrrole nitrogens is 2. The van der Waals surface area contributed by atoms with E-state index in [1.54, 1.807) is 12.1 Å². The summed E-state index contributed by atoms with van der Waals surface area (Å²) < 4.78 is 13.2. The molecule has 128 valence electrons. The minimum absolute atomic E-state index is 0.0708. The molecule has 1 amide bonds. The number of aromatic nitrogens is 3. The van der Waals surface area contributed by atoms with E-state index in [1.807, 2.05) is 0 Å². The van der Waals surface area contributed by atoms with Crippen molar-refractivity contribution in [3.05, 3.63) is 63.0 Å². The summed E-state index contributed by atoms with van der Waals surface area (Å²) in [5.41, 5.74) is 2.68. The van der Waals surface area contributed by atoms with Crippen molar-refractivity contribution in [2.45, 2.75) is 19.5 Å². The largest absolute Gasteiger partial charge is 0.346 e. The maximum Gasteiger partial charge on any atom is 0.272 e. The minimum Gasteiger partial charge on any atom is -0.346 e. The predicted octanol–water partition coefficient (Wildman–Crippen LogP) is 0.966. The molecule has 0 saturated heterocycles. The summed E-state index contributed by atoms with van der Waals surface area (Å²) in [5, 5.41) is 13.6. The number of nitrogens with zero attached hydrogens (tertiary/aromatic N) is 1. The standard InChI is InChI=1S/C17H16FN5O2/c18-11-2-1-9-5-10(16(24)21-13(9)6-11)7-20-17(25)15-12-3-4-19-8-14(12)22-23-15/h1-2,5-6,19H,3-4,7-8H2,(H,20,25)(H,21,24)(H,22,23). The van der Waals surface area contributed by atoms with E-state index in [2.05, 4.69) is 25.8 Å². The molecule has 0 saturated carbocycles. The van der Waals surface area contributed by atoms with Crippen LogP contribution in [0.15, 0.2) is 29.1 Å². The fraction of sp³-hybridized carbons (Fsp3) is 0.235. The number of rotatable bonds is 3. The van der Waals surface area contributed by atoms with Gasteiger partial charge in [-0.25, -0.2) is 4.39 Å². The Morgan fingerprint density at radius 1 is 1.32 bits per heavy atom. The van der Waals surface area contributed by atoms with Gasteiger partial charge in [-0.05, 0) is 42.6 Å². The lowest BCUT2D eigenvalue weighted by atomic mass is 10.1. The number of halogens is 1. The van der Waals surface area contributed by atoms with Gasteiger partial charge in [-0.15, -0.1) is 0 Å². The summed E-state index contributed by atoms with van der Waals surface area (Å²) in [6, 6.07) is 5.83. The Morgan fingerprint density at radius 2 is 2.20 bits per heavy atom. The van der Waals surface area contributed by atoms with Gasteiger partial charge in [0.1, 0.15) is 5.82 Å². The third kappa shape index (κ3) is 2.91. The van der Waals surface area contributed by atoms with E-state index >= 15 is 0 Å². The van der Waals surface area contributed by atoms with Crippen LogP contribution in [0.5, 0.6) is 0 Å². The molecule has 4 N–H and O–H groups in total. The van der Waals surface area contributed by atoms with Crippen molar-refractivity contribution in [1.29, 1.82) is 0 Å². The molecule has 3 aromatic rings. The Kier molecular flexibility index (Phi) is 3.81. The summed E-state index contributed by atoms with van der Waals surface area (Å²) in [6.07, 6.45) is 0.733. The van der Waals surface area contributed by atoms with E-state index in [0.29, 0.717) is 28.7 Å². The zero-order valence-corrected chi connectivity index (χ0v) is 13.3. The summed E-state index contributed by atoms with van der Waals surface area (Å²) in [7, 11) is 0. The molecular formula is C17H16FN5O2. The summed E-state index contributed by atoms with van der Waals surface area (Å²) in [5.74, 6) is -0.736. The van der Waals surface area contributed by atoms with Gasteiger partial charge in [0.2, 0.25) is 0 Å². The normalized spacial score (nSPS) is 13.6. The Balaban J connectivity index is 1.55. The molecule has 0 fully saturated rings. The molecule has 0 unspecified atom stereocenters. The first-order valence-corrected chi connectivity index (χ1v) is 7.98. The van der Waals surface area contributed by atoms with Gasteiger partial charge in [-0.3, -0.25) is 14.7 Å². The van der Waals surface area contributed by atoms with Crippen LogP contribution < -0.4 is 16.2 Å². The van der Waals surface area contributed by atoms with Gasteiger partial charge in [-0.2, -0.15) is 5.10 Å². The first kappa shape index (κ1) is 15.5. The van der Waals surface area contributed by atoms with Crippen LogP contribution in [-0.4, -0.2) is 27.6 Å². The van der Waals surface area contributed by atoms with E-state index in [1.165, 1.54) is 12.1 Å². The zero-order valence-electron chi connectivity index (χ0n) is 13.3. The maximum absolute atomic E-state index is 13.2. The van der Waals surface area contributed by atoms with E-state index in [4.69, 9.17) is 0 Å². The van der Waals surface area contributed by atoms with Crippen molar-refractivity contribution in [2.75, 3.05) is 6.54 Å². The molecule has 3 heterocycles. The third-order valence-corrected chi connectivity index (χ3v) is 4.35. The highest BCUT2D eigenvalue weighted by Crippen LogP contribution is 2.16. The van der Waals surface area contributed by atoms with Crippen LogP contribution in [0.4, 0.5) is 4.39 Å². The molecule has 2 aromatic heterocycles. The van der Waals surface area contributed by atoms with Crippen molar-refractivity contribution < 1.29 is 9.18 Å². The first-order valence-electron chi connectivity index (χ1n) is 7.98. The number of hydrogen-bond acceptors (Lipinski definition) is 4. The Bertz CT molecular complexity index is 1020. The van der Waals surface area contributed by atoms with E-state index < -0.39 is 5.82 Å². The predicted molar refractivity (Wildman–Crippen MR) is 89.7 cm³/mol. The fourth-order valence-electron chi connectivity index (χ4n) is 3.04. The topological polar surface area (TPSA) is 103 Å². The van der Waals surface area contributed by atoms with Crippen LogP contribution in [0.3, 0.4) is 0 Å². The van der Waals surface area contributed by atoms with Gasteiger partial charge in [0.15, 0.2) is 5.69 Å². The molecule has 7 nitrogen and oxygen atoms in total. The minimum atomic E-state index is -0.415. The monoisotopic (exact) mass is 341 g/mol. The smallest absolute Gasteiger partial charge is 0.272 e. The van der Waals surface area contributed by atoms with Gasteiger partial charge < -0.3 is 15.6 Å². The fourth-order valence-corrected chi connectivity index (χ4v) is 3.04. The van der Waals surface area contributed by atoms with Crippen LogP contribution >= 0.6 is 0 Å². The number of hydrogen-bond donors (Lipinski definition) is 4. The molecule has 0 bridgehead atoms. The lowest BCUT2D eigenvalue weighted by Crippen LogP contribution is -2.29. The molecular weight excluding hydrogens is 325 g/mol. The molecule has 1 aromatic carbocycles. The average molecular weight is 341 g/mol. The SMILES string of the molecule is O=C(NCc1cc2ccc(F)cc2[nH]c1=O)c1n[nH]c2c1CCNC2. The highest BCUT2D eigenvalue weighted by atomic mass is 19.1. The molecule has 1 aliphatic rings. The van der Waals surface area contributed by atoms with Crippen LogP contribution in [0.1, 0.15) is 27.3 Å². The third-order valence-electron chi connectivity index (χ3n) is 4.35. The molecule has 0 radical (unpaired) electrons. The van der Waals surface area contributed by atoms with Crippen molar-refractivity contribution in [1.82, 2.24) is 25.8 Å². The molecule has 4 rings (SSSR count). The quantitative estimate of drug-likeness (QED) is 0.570. The van der Waals surface area contributed by atoms with E-state index in [0.717, 1.165) is 24.2 Å². The Labute approximate surface area is 141 Å². The number of carbonyl (C=O) groups excluding carboxylic acids is 1. The van der Waals surface area contributed by atoms with Crippen LogP contribution in [0.2, 0.25) is 0 Å². The van der Waals surface area contributed by atoms with Crippen molar-refractivity contribution >= 4 is 16.8 Å². The van der Waals surface area contributed by atoms with E-state index in [-0.39, 0.29) is 18.0 Å². The first-order chi connectivity index (χ1) is 12.1. The number of aromatic amines is 2. The summed E-state index contributed by atoms with van der Waals surface area (Å²) >= 11 is 0. The lowest BCUT2D eigenvalue weighted by molar-refractivity contribution is 0.0944.